The van der Waals surface area contributed by atoms with Crippen molar-refractivity contribution < 1.29 is 33.5 Å². The van der Waals surface area contributed by atoms with Gasteiger partial charge in [0.15, 0.2) is 18.1 Å². The van der Waals surface area contributed by atoms with Crippen LogP contribution in [0.1, 0.15) is 16.4 Å². The molecule has 0 aliphatic carbocycles. The molecule has 1 aromatic heterocycles. The maximum absolute atomic E-state index is 13.9. The Kier molecular flexibility index (Phi) is 7.47. The topological polar surface area (TPSA) is 161 Å². The van der Waals surface area contributed by atoms with Crippen molar-refractivity contribution in [2.24, 2.45) is 5.92 Å². The number of benzene rings is 2. The Balaban J connectivity index is 1.32. The standard InChI is InChI=1S/C27H24N4O9S2/c1-38-18-12-14(2-7-17(18)40-13-19(32)29-8-10-39-11-9-29)20-21-23(41-24-22(20)42-27(35)28-24)26(34)30(25(21)33)15-3-5-16(6-4-15)31(36)37/h2-7,12,20-21,23H,8-11,13H2,1H3,(H,28,35)/t20-,21?,23?/m1/s1. The minimum absolute atomic E-state index is 0.164. The van der Waals surface area contributed by atoms with Crippen molar-refractivity contribution in [1.29, 1.82) is 0 Å². The number of aromatic nitrogens is 1. The van der Waals surface area contributed by atoms with E-state index in [0.717, 1.165) is 28.0 Å². The zero-order valence-electron chi connectivity index (χ0n) is 22.1. The number of anilines is 1. The van der Waals surface area contributed by atoms with Crippen molar-refractivity contribution in [2.75, 3.05) is 44.9 Å². The molecular weight excluding hydrogens is 588 g/mol. The van der Waals surface area contributed by atoms with Crippen LogP contribution < -0.4 is 19.2 Å². The Bertz CT molecular complexity index is 1630. The zero-order valence-corrected chi connectivity index (χ0v) is 23.8. The SMILES string of the molecule is COc1cc([C@H]2c3sc(=O)[nH]c3SC3C(=O)N(c4ccc([N+](=O)[O-])cc4)C(=O)C32)ccc1OCC(=O)N1CCOCC1. The van der Waals surface area contributed by atoms with Crippen molar-refractivity contribution in [2.45, 2.75) is 16.2 Å². The number of imide groups is 1. The van der Waals surface area contributed by atoms with E-state index in [1.165, 1.54) is 31.4 Å². The molecule has 13 nitrogen and oxygen atoms in total. The van der Waals surface area contributed by atoms with Crippen LogP contribution in [0.2, 0.25) is 0 Å². The number of methoxy groups -OCH3 is 1. The molecule has 42 heavy (non-hydrogen) atoms. The molecular formula is C27H24N4O9S2. The van der Waals surface area contributed by atoms with Gasteiger partial charge in [-0.2, -0.15) is 0 Å². The summed E-state index contributed by atoms with van der Waals surface area (Å²) >= 11 is 2.10. The first kappa shape index (κ1) is 27.9. The van der Waals surface area contributed by atoms with Crippen LogP contribution in [-0.4, -0.2) is 77.8 Å². The predicted octanol–water partition coefficient (Wildman–Crippen LogP) is 2.39. The Labute approximate surface area is 246 Å². The molecule has 3 amide bonds. The number of fused-ring (bicyclic) bond motifs is 2. The molecule has 0 bridgehead atoms. The average Bonchev–Trinajstić information content (AvgIpc) is 3.50. The highest BCUT2D eigenvalue weighted by molar-refractivity contribution is 8.00. The van der Waals surface area contributed by atoms with E-state index in [2.05, 4.69) is 4.98 Å². The molecule has 2 unspecified atom stereocenters. The van der Waals surface area contributed by atoms with E-state index in [4.69, 9.17) is 14.2 Å². The number of thioether (sulfide) groups is 1. The number of carbonyl (C=O) groups excluding carboxylic acids is 3. The van der Waals surface area contributed by atoms with Gasteiger partial charge < -0.3 is 24.1 Å². The van der Waals surface area contributed by atoms with Crippen LogP contribution in [0.4, 0.5) is 11.4 Å². The second-order valence-electron chi connectivity index (χ2n) is 9.73. The number of hydrogen-bond acceptors (Lipinski definition) is 11. The van der Waals surface area contributed by atoms with E-state index in [0.29, 0.717) is 53.3 Å². The maximum atomic E-state index is 13.9. The van der Waals surface area contributed by atoms with Gasteiger partial charge in [0.1, 0.15) is 5.25 Å². The number of ether oxygens (including phenoxy) is 3. The van der Waals surface area contributed by atoms with Gasteiger partial charge in [-0.05, 0) is 29.8 Å². The summed E-state index contributed by atoms with van der Waals surface area (Å²) in [7, 11) is 1.45. The molecule has 15 heteroatoms. The Hall–Kier alpha value is -4.21. The number of non-ortho nitro benzene ring substituents is 1. The summed E-state index contributed by atoms with van der Waals surface area (Å²) in [6, 6.07) is 10.3. The van der Waals surface area contributed by atoms with Gasteiger partial charge in [0.25, 0.3) is 11.6 Å². The summed E-state index contributed by atoms with van der Waals surface area (Å²) in [5.41, 5.74) is 0.688. The molecule has 3 aliphatic heterocycles. The third-order valence-corrected chi connectivity index (χ3v) is 9.81. The van der Waals surface area contributed by atoms with E-state index in [1.807, 2.05) is 0 Å². The van der Waals surface area contributed by atoms with Crippen LogP contribution in [0, 0.1) is 16.0 Å². The molecule has 2 fully saturated rings. The van der Waals surface area contributed by atoms with Crippen molar-refractivity contribution in [1.82, 2.24) is 9.88 Å². The average molecular weight is 613 g/mol. The van der Waals surface area contributed by atoms with Crippen LogP contribution in [0.3, 0.4) is 0 Å². The van der Waals surface area contributed by atoms with Crippen LogP contribution in [0.25, 0.3) is 0 Å². The molecule has 218 valence electrons. The number of hydrogen-bond donors (Lipinski definition) is 1. The molecule has 3 aromatic rings. The summed E-state index contributed by atoms with van der Waals surface area (Å²) in [6.45, 7) is 1.74. The highest BCUT2D eigenvalue weighted by Gasteiger charge is 2.56. The summed E-state index contributed by atoms with van der Waals surface area (Å²) in [5.74, 6) is -1.99. The number of aromatic amines is 1. The third-order valence-electron chi connectivity index (χ3n) is 7.40. The highest BCUT2D eigenvalue weighted by atomic mass is 32.2. The van der Waals surface area contributed by atoms with Crippen LogP contribution in [0.15, 0.2) is 52.3 Å². The molecule has 2 aromatic carbocycles. The molecule has 0 spiro atoms. The van der Waals surface area contributed by atoms with Gasteiger partial charge in [0, 0.05) is 36.0 Å². The first-order valence-electron chi connectivity index (χ1n) is 12.9. The van der Waals surface area contributed by atoms with E-state index in [9.17, 15) is 29.3 Å². The Morgan fingerprint density at radius 2 is 1.83 bits per heavy atom. The molecule has 3 aliphatic rings. The molecule has 3 atom stereocenters. The number of carbonyl (C=O) groups is 3. The number of nitrogens with one attached hydrogen (secondary N) is 1. The molecule has 0 radical (unpaired) electrons. The normalized spacial score (nSPS) is 21.6. The summed E-state index contributed by atoms with van der Waals surface area (Å²) in [4.78, 5) is 68.8. The minimum Gasteiger partial charge on any atom is -0.493 e. The van der Waals surface area contributed by atoms with Gasteiger partial charge in [-0.3, -0.25) is 29.3 Å². The lowest BCUT2D eigenvalue weighted by Crippen LogP contribution is -2.43. The van der Waals surface area contributed by atoms with E-state index in [-0.39, 0.29) is 28.8 Å². The molecule has 6 rings (SSSR count). The quantitative estimate of drug-likeness (QED) is 0.238. The monoisotopic (exact) mass is 612 g/mol. The van der Waals surface area contributed by atoms with Gasteiger partial charge in [0.05, 0.1) is 41.9 Å². The third kappa shape index (κ3) is 4.92. The number of rotatable bonds is 7. The summed E-state index contributed by atoms with van der Waals surface area (Å²) in [6.07, 6.45) is 0. The number of nitro groups is 1. The highest BCUT2D eigenvalue weighted by Crippen LogP contribution is 2.53. The fraction of sp³-hybridized carbons (Fsp3) is 0.333. The van der Waals surface area contributed by atoms with Gasteiger partial charge in [-0.25, -0.2) is 4.90 Å². The van der Waals surface area contributed by atoms with Gasteiger partial charge >= 0.3 is 4.87 Å². The molecule has 2 saturated heterocycles. The van der Waals surface area contributed by atoms with E-state index in [1.54, 1.807) is 23.1 Å². The largest absolute Gasteiger partial charge is 0.493 e. The van der Waals surface area contributed by atoms with Crippen molar-refractivity contribution in [3.8, 4) is 11.5 Å². The lowest BCUT2D eigenvalue weighted by Gasteiger charge is -2.30. The van der Waals surface area contributed by atoms with E-state index < -0.39 is 33.8 Å². The summed E-state index contributed by atoms with van der Waals surface area (Å²) < 4.78 is 16.6. The smallest absolute Gasteiger partial charge is 0.305 e. The second-order valence-corrected chi connectivity index (χ2v) is 11.9. The minimum atomic E-state index is -0.851. The zero-order chi connectivity index (χ0) is 29.5. The number of amides is 3. The number of morpholine rings is 1. The fourth-order valence-electron chi connectivity index (χ4n) is 5.39. The number of nitrogens with zero attached hydrogens (tertiary/aromatic N) is 3. The van der Waals surface area contributed by atoms with Crippen molar-refractivity contribution in [3.63, 3.8) is 0 Å². The number of nitro benzene ring substituents is 1. The van der Waals surface area contributed by atoms with Gasteiger partial charge in [-0.1, -0.05) is 29.2 Å². The predicted molar refractivity (Wildman–Crippen MR) is 151 cm³/mol. The van der Waals surface area contributed by atoms with Crippen molar-refractivity contribution in [3.05, 3.63) is 72.7 Å². The first-order valence-corrected chi connectivity index (χ1v) is 14.6. The molecule has 1 N–H and O–H groups in total. The Morgan fingerprint density at radius 1 is 1.10 bits per heavy atom. The van der Waals surface area contributed by atoms with Gasteiger partial charge in [0.2, 0.25) is 11.8 Å². The first-order chi connectivity index (χ1) is 20.3. The lowest BCUT2D eigenvalue weighted by atomic mass is 9.83. The molecule has 4 heterocycles. The maximum Gasteiger partial charge on any atom is 0.305 e. The fourth-order valence-corrected chi connectivity index (χ4v) is 7.91. The number of thiazole rings is 1. The second kappa shape index (κ2) is 11.2. The van der Waals surface area contributed by atoms with E-state index >= 15 is 0 Å². The van der Waals surface area contributed by atoms with Crippen molar-refractivity contribution >= 4 is 52.2 Å². The Morgan fingerprint density at radius 3 is 2.52 bits per heavy atom. The van der Waals surface area contributed by atoms with Crippen LogP contribution in [-0.2, 0) is 19.1 Å². The van der Waals surface area contributed by atoms with Crippen LogP contribution in [0.5, 0.6) is 11.5 Å². The molecule has 0 saturated carbocycles. The van der Waals surface area contributed by atoms with Crippen LogP contribution >= 0.6 is 23.1 Å². The van der Waals surface area contributed by atoms with Gasteiger partial charge in [-0.15, -0.1) is 0 Å². The lowest BCUT2D eigenvalue weighted by molar-refractivity contribution is -0.384. The summed E-state index contributed by atoms with van der Waals surface area (Å²) in [5, 5.41) is 10.8. The number of H-pyrrole nitrogens is 1.